The van der Waals surface area contributed by atoms with E-state index >= 15 is 0 Å². The summed E-state index contributed by atoms with van der Waals surface area (Å²) in [6.07, 6.45) is 15.5. The molecule has 3 heteroatoms. The second kappa shape index (κ2) is 14.4. The summed E-state index contributed by atoms with van der Waals surface area (Å²) >= 11 is 3.70. The molecule has 0 heterocycles. The maximum atomic E-state index is 10.4. The van der Waals surface area contributed by atoms with Crippen molar-refractivity contribution in [3.05, 3.63) is 0 Å². The van der Waals surface area contributed by atoms with E-state index in [2.05, 4.69) is 22.9 Å². The predicted octanol–water partition coefficient (Wildman–Crippen LogP) is 5.93. The summed E-state index contributed by atoms with van der Waals surface area (Å²) in [5, 5.41) is 8.54. The van der Waals surface area contributed by atoms with E-state index in [0.717, 1.165) is 19.3 Å². The fraction of sp³-hybridized carbons (Fsp3) is 0.938. The van der Waals surface area contributed by atoms with Gasteiger partial charge >= 0.3 is 5.97 Å². The topological polar surface area (TPSA) is 37.3 Å². The first kappa shape index (κ1) is 18.9. The van der Waals surface area contributed by atoms with E-state index in [9.17, 15) is 4.79 Å². The highest BCUT2D eigenvalue weighted by Gasteiger charge is 2.04. The molecular weight excluding hydrogens is 304 g/mol. The van der Waals surface area contributed by atoms with Crippen molar-refractivity contribution in [2.45, 2.75) is 95.2 Å². The van der Waals surface area contributed by atoms with Crippen LogP contribution in [0, 0.1) is 0 Å². The standard InChI is InChI=1S/C16H31BrO2/c1-2-3-4-5-6-7-8-9-12-15(17)13-10-11-14-16(18)19/h15H,2-14H2,1H3,(H,18,19). The van der Waals surface area contributed by atoms with Crippen molar-refractivity contribution in [3.8, 4) is 0 Å². The minimum absolute atomic E-state index is 0.317. The smallest absolute Gasteiger partial charge is 0.303 e. The number of carboxylic acid groups (broad SMARTS) is 1. The van der Waals surface area contributed by atoms with Crippen LogP contribution in [0.15, 0.2) is 0 Å². The zero-order chi connectivity index (χ0) is 14.3. The molecule has 0 aliphatic rings. The highest BCUT2D eigenvalue weighted by atomic mass is 79.9. The number of carbonyl (C=O) groups is 1. The van der Waals surface area contributed by atoms with Gasteiger partial charge < -0.3 is 5.11 Å². The molecule has 114 valence electrons. The zero-order valence-electron chi connectivity index (χ0n) is 12.5. The highest BCUT2D eigenvalue weighted by Crippen LogP contribution is 2.18. The normalized spacial score (nSPS) is 12.5. The van der Waals surface area contributed by atoms with Crippen LogP contribution in [0.3, 0.4) is 0 Å². The van der Waals surface area contributed by atoms with Gasteiger partial charge in [-0.1, -0.05) is 80.6 Å². The molecule has 0 amide bonds. The lowest BCUT2D eigenvalue weighted by molar-refractivity contribution is -0.137. The van der Waals surface area contributed by atoms with Gasteiger partial charge in [0, 0.05) is 11.2 Å². The number of alkyl halides is 1. The second-order valence-corrected chi connectivity index (χ2v) is 6.80. The SMILES string of the molecule is CCCCCCCCCCC(Br)CCCCC(=O)O. The van der Waals surface area contributed by atoms with Gasteiger partial charge in [0.1, 0.15) is 0 Å². The first-order valence-electron chi connectivity index (χ1n) is 8.02. The summed E-state index contributed by atoms with van der Waals surface area (Å²) in [5.41, 5.74) is 0. The van der Waals surface area contributed by atoms with Gasteiger partial charge in [-0.25, -0.2) is 0 Å². The van der Waals surface area contributed by atoms with Gasteiger partial charge in [0.2, 0.25) is 0 Å². The molecule has 0 aliphatic heterocycles. The molecule has 0 spiro atoms. The Balaban J connectivity index is 3.15. The molecule has 19 heavy (non-hydrogen) atoms. The molecule has 2 nitrogen and oxygen atoms in total. The average molecular weight is 335 g/mol. The van der Waals surface area contributed by atoms with Crippen LogP contribution >= 0.6 is 15.9 Å². The molecule has 1 unspecified atom stereocenters. The first-order valence-corrected chi connectivity index (χ1v) is 8.94. The van der Waals surface area contributed by atoms with Crippen molar-refractivity contribution in [3.63, 3.8) is 0 Å². The van der Waals surface area contributed by atoms with Crippen molar-refractivity contribution >= 4 is 21.9 Å². The van der Waals surface area contributed by atoms with Gasteiger partial charge in [0.25, 0.3) is 0 Å². The number of halogens is 1. The molecule has 0 saturated heterocycles. The lowest BCUT2D eigenvalue weighted by Gasteiger charge is -2.09. The molecule has 0 rings (SSSR count). The van der Waals surface area contributed by atoms with E-state index in [1.165, 1.54) is 57.8 Å². The van der Waals surface area contributed by atoms with E-state index in [1.807, 2.05) is 0 Å². The maximum absolute atomic E-state index is 10.4. The third kappa shape index (κ3) is 15.9. The van der Waals surface area contributed by atoms with Crippen molar-refractivity contribution in [2.24, 2.45) is 0 Å². The van der Waals surface area contributed by atoms with E-state index in [1.54, 1.807) is 0 Å². The van der Waals surface area contributed by atoms with Gasteiger partial charge in [-0.15, -0.1) is 0 Å². The van der Waals surface area contributed by atoms with Gasteiger partial charge in [-0.3, -0.25) is 4.79 Å². The van der Waals surface area contributed by atoms with E-state index < -0.39 is 5.97 Å². The van der Waals surface area contributed by atoms with Crippen molar-refractivity contribution in [2.75, 3.05) is 0 Å². The third-order valence-corrected chi connectivity index (χ3v) is 4.44. The summed E-state index contributed by atoms with van der Waals surface area (Å²) in [7, 11) is 0. The molecule has 0 aromatic heterocycles. The third-order valence-electron chi connectivity index (χ3n) is 3.53. The predicted molar refractivity (Wildman–Crippen MR) is 86.0 cm³/mol. The fourth-order valence-corrected chi connectivity index (χ4v) is 2.93. The molecular formula is C16H31BrO2. The molecule has 0 saturated carbocycles. The van der Waals surface area contributed by atoms with E-state index in [4.69, 9.17) is 5.11 Å². The van der Waals surface area contributed by atoms with E-state index in [0.29, 0.717) is 11.2 Å². The number of unbranched alkanes of at least 4 members (excludes halogenated alkanes) is 8. The first-order chi connectivity index (χ1) is 9.16. The van der Waals surface area contributed by atoms with Crippen LogP contribution in [0.4, 0.5) is 0 Å². The van der Waals surface area contributed by atoms with Gasteiger partial charge in [0.05, 0.1) is 0 Å². The van der Waals surface area contributed by atoms with Gasteiger partial charge in [0.15, 0.2) is 0 Å². The van der Waals surface area contributed by atoms with Crippen LogP contribution in [0.2, 0.25) is 0 Å². The Bertz CT molecular complexity index is 207. The van der Waals surface area contributed by atoms with Crippen molar-refractivity contribution in [1.82, 2.24) is 0 Å². The summed E-state index contributed by atoms with van der Waals surface area (Å²) in [4.78, 5) is 11.0. The van der Waals surface area contributed by atoms with Crippen LogP contribution in [-0.2, 0) is 4.79 Å². The Morgan fingerprint density at radius 2 is 1.37 bits per heavy atom. The Morgan fingerprint density at radius 1 is 0.895 bits per heavy atom. The summed E-state index contributed by atoms with van der Waals surface area (Å²) < 4.78 is 0. The Morgan fingerprint density at radius 3 is 1.89 bits per heavy atom. The monoisotopic (exact) mass is 334 g/mol. The Hall–Kier alpha value is -0.0500. The minimum Gasteiger partial charge on any atom is -0.481 e. The molecule has 0 aromatic carbocycles. The van der Waals surface area contributed by atoms with Crippen molar-refractivity contribution < 1.29 is 9.90 Å². The number of carboxylic acids is 1. The van der Waals surface area contributed by atoms with Crippen LogP contribution < -0.4 is 0 Å². The van der Waals surface area contributed by atoms with Crippen LogP contribution in [0.5, 0.6) is 0 Å². The lowest BCUT2D eigenvalue weighted by Crippen LogP contribution is -1.99. The highest BCUT2D eigenvalue weighted by molar-refractivity contribution is 9.09. The van der Waals surface area contributed by atoms with Gasteiger partial charge in [-0.05, 0) is 19.3 Å². The molecule has 1 atom stereocenters. The zero-order valence-corrected chi connectivity index (χ0v) is 14.1. The van der Waals surface area contributed by atoms with Gasteiger partial charge in [-0.2, -0.15) is 0 Å². The second-order valence-electron chi connectivity index (χ2n) is 5.50. The average Bonchev–Trinajstić information content (AvgIpc) is 2.37. The Labute approximate surface area is 127 Å². The summed E-state index contributed by atoms with van der Waals surface area (Å²) in [6, 6.07) is 0. The molecule has 0 fully saturated rings. The van der Waals surface area contributed by atoms with Crippen LogP contribution in [0.25, 0.3) is 0 Å². The quantitative estimate of drug-likeness (QED) is 0.316. The van der Waals surface area contributed by atoms with E-state index in [-0.39, 0.29) is 0 Å². The summed E-state index contributed by atoms with van der Waals surface area (Å²) in [5.74, 6) is -0.672. The Kier molecular flexibility index (Phi) is 14.3. The number of hydrogen-bond donors (Lipinski definition) is 1. The van der Waals surface area contributed by atoms with Crippen molar-refractivity contribution in [1.29, 1.82) is 0 Å². The van der Waals surface area contributed by atoms with Crippen LogP contribution in [0.1, 0.15) is 90.4 Å². The summed E-state index contributed by atoms with van der Waals surface area (Å²) in [6.45, 7) is 2.26. The molecule has 0 bridgehead atoms. The number of aliphatic carboxylic acids is 1. The largest absolute Gasteiger partial charge is 0.481 e. The van der Waals surface area contributed by atoms with Crippen LogP contribution in [-0.4, -0.2) is 15.9 Å². The minimum atomic E-state index is -0.672. The molecule has 0 radical (unpaired) electrons. The number of hydrogen-bond acceptors (Lipinski definition) is 1. The molecule has 0 aromatic rings. The maximum Gasteiger partial charge on any atom is 0.303 e. The fourth-order valence-electron chi connectivity index (χ4n) is 2.29. The molecule has 0 aliphatic carbocycles. The number of rotatable bonds is 14. The molecule has 1 N–H and O–H groups in total. The lowest BCUT2D eigenvalue weighted by atomic mass is 10.0.